The molecular weight excluding hydrogens is 400 g/mol. The fourth-order valence-corrected chi connectivity index (χ4v) is 3.36. The van der Waals surface area contributed by atoms with Gasteiger partial charge in [-0.3, -0.25) is 9.59 Å². The molecule has 0 saturated heterocycles. The highest BCUT2D eigenvalue weighted by Crippen LogP contribution is 2.24. The molecule has 32 heavy (non-hydrogen) atoms. The average Bonchev–Trinajstić information content (AvgIpc) is 2.83. The van der Waals surface area contributed by atoms with Gasteiger partial charge in [-0.2, -0.15) is 0 Å². The molecule has 166 valence electrons. The summed E-state index contributed by atoms with van der Waals surface area (Å²) in [5, 5.41) is 3.00. The van der Waals surface area contributed by atoms with Gasteiger partial charge < -0.3 is 15.0 Å². The first-order valence-electron chi connectivity index (χ1n) is 10.9. The third-order valence-corrected chi connectivity index (χ3v) is 4.98. The SMILES string of the molecule is CC(C)CNC(=O)[C@H](c1ccccc1)N(Cc1ccccc1)C(=O)COc1ccccc1. The van der Waals surface area contributed by atoms with Crippen LogP contribution in [0.4, 0.5) is 0 Å². The van der Waals surface area contributed by atoms with Crippen molar-refractivity contribution in [2.75, 3.05) is 13.2 Å². The van der Waals surface area contributed by atoms with Crippen molar-refractivity contribution in [3.63, 3.8) is 0 Å². The molecule has 0 aromatic heterocycles. The Labute approximate surface area is 190 Å². The second-order valence-electron chi connectivity index (χ2n) is 8.06. The van der Waals surface area contributed by atoms with Gasteiger partial charge >= 0.3 is 0 Å². The minimum Gasteiger partial charge on any atom is -0.484 e. The van der Waals surface area contributed by atoms with Crippen LogP contribution in [0.3, 0.4) is 0 Å². The number of hydrogen-bond donors (Lipinski definition) is 1. The maximum atomic E-state index is 13.4. The van der Waals surface area contributed by atoms with E-state index in [9.17, 15) is 9.59 Å². The quantitative estimate of drug-likeness (QED) is 0.511. The molecular formula is C27H30N2O3. The van der Waals surface area contributed by atoms with Gasteiger partial charge in [0.15, 0.2) is 6.61 Å². The molecule has 0 radical (unpaired) electrons. The molecule has 0 heterocycles. The number of para-hydroxylation sites is 1. The Bertz CT molecular complexity index is 976. The zero-order valence-electron chi connectivity index (χ0n) is 18.6. The summed E-state index contributed by atoms with van der Waals surface area (Å²) in [4.78, 5) is 28.3. The van der Waals surface area contributed by atoms with E-state index in [2.05, 4.69) is 5.32 Å². The van der Waals surface area contributed by atoms with Crippen LogP contribution in [0.25, 0.3) is 0 Å². The topological polar surface area (TPSA) is 58.6 Å². The van der Waals surface area contributed by atoms with Gasteiger partial charge in [0.2, 0.25) is 5.91 Å². The highest BCUT2D eigenvalue weighted by atomic mass is 16.5. The largest absolute Gasteiger partial charge is 0.484 e. The highest BCUT2D eigenvalue weighted by molar-refractivity contribution is 5.89. The lowest BCUT2D eigenvalue weighted by Crippen LogP contribution is -2.45. The molecule has 3 aromatic carbocycles. The van der Waals surface area contributed by atoms with Crippen LogP contribution in [0.15, 0.2) is 91.0 Å². The molecule has 0 aliphatic heterocycles. The molecule has 5 nitrogen and oxygen atoms in total. The molecule has 0 aliphatic rings. The van der Waals surface area contributed by atoms with E-state index in [4.69, 9.17) is 4.74 Å². The Morgan fingerprint density at radius 2 is 1.41 bits per heavy atom. The van der Waals surface area contributed by atoms with Gasteiger partial charge in [0, 0.05) is 13.1 Å². The fraction of sp³-hybridized carbons (Fsp3) is 0.259. The van der Waals surface area contributed by atoms with E-state index in [0.29, 0.717) is 24.8 Å². The van der Waals surface area contributed by atoms with Crippen molar-refractivity contribution in [1.82, 2.24) is 10.2 Å². The first kappa shape index (κ1) is 23.1. The second kappa shape index (κ2) is 11.7. The van der Waals surface area contributed by atoms with E-state index in [-0.39, 0.29) is 18.4 Å². The molecule has 2 amide bonds. The molecule has 0 fully saturated rings. The normalized spacial score (nSPS) is 11.6. The maximum Gasteiger partial charge on any atom is 0.261 e. The maximum absolute atomic E-state index is 13.4. The van der Waals surface area contributed by atoms with Gasteiger partial charge in [0.05, 0.1) is 0 Å². The van der Waals surface area contributed by atoms with Gasteiger partial charge in [0.25, 0.3) is 5.91 Å². The standard InChI is InChI=1S/C27H30N2O3/c1-21(2)18-28-27(31)26(23-14-8-4-9-15-23)29(19-22-12-6-3-7-13-22)25(30)20-32-24-16-10-5-11-17-24/h3-17,21,26H,18-20H2,1-2H3,(H,28,31)/t26-/m0/s1. The lowest BCUT2D eigenvalue weighted by Gasteiger charge is -2.31. The van der Waals surface area contributed by atoms with Crippen molar-refractivity contribution < 1.29 is 14.3 Å². The zero-order chi connectivity index (χ0) is 22.8. The third-order valence-electron chi connectivity index (χ3n) is 4.98. The summed E-state index contributed by atoms with van der Waals surface area (Å²) in [6, 6.07) is 27.5. The summed E-state index contributed by atoms with van der Waals surface area (Å²) < 4.78 is 5.73. The van der Waals surface area contributed by atoms with Crippen molar-refractivity contribution in [3.05, 3.63) is 102 Å². The van der Waals surface area contributed by atoms with E-state index in [1.165, 1.54) is 0 Å². The lowest BCUT2D eigenvalue weighted by atomic mass is 10.0. The van der Waals surface area contributed by atoms with Crippen molar-refractivity contribution in [1.29, 1.82) is 0 Å². The van der Waals surface area contributed by atoms with Crippen LogP contribution in [-0.2, 0) is 16.1 Å². The number of rotatable bonds is 10. The summed E-state index contributed by atoms with van der Waals surface area (Å²) in [5.74, 6) is 0.455. The Hall–Kier alpha value is -3.60. The first-order chi connectivity index (χ1) is 15.5. The second-order valence-corrected chi connectivity index (χ2v) is 8.06. The van der Waals surface area contributed by atoms with Crippen molar-refractivity contribution in [2.24, 2.45) is 5.92 Å². The molecule has 3 rings (SSSR count). The summed E-state index contributed by atoms with van der Waals surface area (Å²) in [7, 11) is 0. The number of hydrogen-bond acceptors (Lipinski definition) is 3. The van der Waals surface area contributed by atoms with Crippen LogP contribution >= 0.6 is 0 Å². The monoisotopic (exact) mass is 430 g/mol. The van der Waals surface area contributed by atoms with E-state index >= 15 is 0 Å². The summed E-state index contributed by atoms with van der Waals surface area (Å²) in [5.41, 5.74) is 1.70. The van der Waals surface area contributed by atoms with Crippen molar-refractivity contribution >= 4 is 11.8 Å². The molecule has 1 atom stereocenters. The van der Waals surface area contributed by atoms with Crippen molar-refractivity contribution in [3.8, 4) is 5.75 Å². The number of benzene rings is 3. The van der Waals surface area contributed by atoms with Gasteiger partial charge in [0.1, 0.15) is 11.8 Å². The Morgan fingerprint density at radius 3 is 2.00 bits per heavy atom. The minimum atomic E-state index is -0.762. The number of nitrogens with one attached hydrogen (secondary N) is 1. The number of carbonyl (C=O) groups is 2. The van der Waals surface area contributed by atoms with Crippen LogP contribution < -0.4 is 10.1 Å². The molecule has 0 saturated carbocycles. The fourth-order valence-electron chi connectivity index (χ4n) is 3.36. The number of nitrogens with zero attached hydrogens (tertiary/aromatic N) is 1. The van der Waals surface area contributed by atoms with E-state index in [0.717, 1.165) is 11.1 Å². The minimum absolute atomic E-state index is 0.155. The molecule has 0 aliphatic carbocycles. The molecule has 1 N–H and O–H groups in total. The zero-order valence-corrected chi connectivity index (χ0v) is 18.6. The predicted octanol–water partition coefficient (Wildman–Crippen LogP) is 4.61. The van der Waals surface area contributed by atoms with E-state index in [1.807, 2.05) is 92.7 Å². The molecule has 3 aromatic rings. The van der Waals surface area contributed by atoms with Crippen LogP contribution in [0.2, 0.25) is 0 Å². The smallest absolute Gasteiger partial charge is 0.261 e. The van der Waals surface area contributed by atoms with Crippen LogP contribution in [0.1, 0.15) is 31.0 Å². The Balaban J connectivity index is 1.90. The third kappa shape index (κ3) is 6.71. The van der Waals surface area contributed by atoms with Crippen LogP contribution in [0, 0.1) is 5.92 Å². The molecule has 0 bridgehead atoms. The van der Waals surface area contributed by atoms with Gasteiger partial charge in [-0.05, 0) is 29.2 Å². The van der Waals surface area contributed by atoms with Gasteiger partial charge in [-0.1, -0.05) is 92.7 Å². The number of carbonyl (C=O) groups excluding carboxylic acids is 2. The molecule has 0 unspecified atom stereocenters. The molecule has 0 spiro atoms. The number of ether oxygens (including phenoxy) is 1. The van der Waals surface area contributed by atoms with Crippen molar-refractivity contribution in [2.45, 2.75) is 26.4 Å². The predicted molar refractivity (Wildman–Crippen MR) is 126 cm³/mol. The summed E-state index contributed by atoms with van der Waals surface area (Å²) >= 11 is 0. The summed E-state index contributed by atoms with van der Waals surface area (Å²) in [6.45, 7) is 4.76. The van der Waals surface area contributed by atoms with Crippen LogP contribution in [0.5, 0.6) is 5.75 Å². The average molecular weight is 431 g/mol. The number of amides is 2. The highest BCUT2D eigenvalue weighted by Gasteiger charge is 2.31. The van der Waals surface area contributed by atoms with E-state index < -0.39 is 6.04 Å². The van der Waals surface area contributed by atoms with Gasteiger partial charge in [-0.15, -0.1) is 0 Å². The van der Waals surface area contributed by atoms with E-state index in [1.54, 1.807) is 17.0 Å². The Kier molecular flexibility index (Phi) is 8.44. The lowest BCUT2D eigenvalue weighted by molar-refractivity contribution is -0.143. The molecule has 5 heteroatoms. The summed E-state index contributed by atoms with van der Waals surface area (Å²) in [6.07, 6.45) is 0. The van der Waals surface area contributed by atoms with Gasteiger partial charge in [-0.25, -0.2) is 0 Å². The van der Waals surface area contributed by atoms with Crippen LogP contribution in [-0.4, -0.2) is 29.9 Å². The first-order valence-corrected chi connectivity index (χ1v) is 10.9. The Morgan fingerprint density at radius 1 is 0.844 bits per heavy atom.